The van der Waals surface area contributed by atoms with Crippen LogP contribution in [-0.4, -0.2) is 17.0 Å². The maximum atomic E-state index is 10.6. The van der Waals surface area contributed by atoms with Gasteiger partial charge in [0.1, 0.15) is 10.9 Å². The Morgan fingerprint density at radius 2 is 1.88 bits per heavy atom. The summed E-state index contributed by atoms with van der Waals surface area (Å²) in [5.41, 5.74) is 4.97. The van der Waals surface area contributed by atoms with Crippen LogP contribution in [0.5, 0.6) is 0 Å². The van der Waals surface area contributed by atoms with E-state index in [2.05, 4.69) is 6.92 Å². The first-order valence-corrected chi connectivity index (χ1v) is 6.67. The normalized spacial score (nSPS) is 12.8. The van der Waals surface area contributed by atoms with E-state index in [1.807, 2.05) is 0 Å². The van der Waals surface area contributed by atoms with Gasteiger partial charge in [0, 0.05) is 6.42 Å². The largest absolute Gasteiger partial charge is 0.446 e. The molecule has 0 aliphatic rings. The number of amides is 1. The summed E-state index contributed by atoms with van der Waals surface area (Å²) in [7, 11) is 0. The predicted molar refractivity (Wildman–Crippen MR) is 67.9 cm³/mol. The number of nitrogens with two attached hydrogens (primary N) is 1. The molecule has 96 valence electrons. The molecule has 0 aromatic carbocycles. The summed E-state index contributed by atoms with van der Waals surface area (Å²) in [6, 6.07) is 0. The van der Waals surface area contributed by atoms with E-state index in [-0.39, 0.29) is 6.10 Å². The number of ether oxygens (including phenoxy) is 1. The molecule has 0 heterocycles. The van der Waals surface area contributed by atoms with Crippen molar-refractivity contribution in [2.45, 2.75) is 62.8 Å². The number of carbonyl (C=O) groups is 1. The summed E-state index contributed by atoms with van der Waals surface area (Å²) < 4.78 is 4.94. The third kappa shape index (κ3) is 10.4. The molecular formula is C11H21Cl2NO2. The third-order valence-electron chi connectivity index (χ3n) is 2.35. The van der Waals surface area contributed by atoms with Gasteiger partial charge in [0.2, 0.25) is 0 Å². The smallest absolute Gasteiger partial charge is 0.404 e. The highest BCUT2D eigenvalue weighted by Crippen LogP contribution is 2.18. The number of hydrogen-bond donors (Lipinski definition) is 1. The average Bonchev–Trinajstić information content (AvgIpc) is 2.15. The second kappa shape index (κ2) is 10.0. The van der Waals surface area contributed by atoms with Gasteiger partial charge in [0.25, 0.3) is 0 Å². The van der Waals surface area contributed by atoms with Crippen molar-refractivity contribution in [3.05, 3.63) is 0 Å². The Hall–Kier alpha value is -0.150. The van der Waals surface area contributed by atoms with Crippen LogP contribution in [0, 0.1) is 0 Å². The van der Waals surface area contributed by atoms with Gasteiger partial charge in [-0.15, -0.1) is 23.2 Å². The Morgan fingerprint density at radius 3 is 2.38 bits per heavy atom. The van der Waals surface area contributed by atoms with Crippen molar-refractivity contribution >= 4 is 29.3 Å². The summed E-state index contributed by atoms with van der Waals surface area (Å²) in [4.78, 5) is 10.1. The molecule has 1 amide bonds. The number of primary amides is 1. The molecule has 0 rings (SSSR count). The van der Waals surface area contributed by atoms with Gasteiger partial charge in [0.05, 0.1) is 0 Å². The van der Waals surface area contributed by atoms with Gasteiger partial charge >= 0.3 is 6.09 Å². The minimum Gasteiger partial charge on any atom is -0.446 e. The topological polar surface area (TPSA) is 52.3 Å². The number of alkyl halides is 2. The molecule has 0 aliphatic carbocycles. The van der Waals surface area contributed by atoms with Gasteiger partial charge < -0.3 is 10.5 Å². The van der Waals surface area contributed by atoms with Crippen molar-refractivity contribution in [3.63, 3.8) is 0 Å². The first-order valence-electron chi connectivity index (χ1n) is 5.80. The van der Waals surface area contributed by atoms with Crippen molar-refractivity contribution in [1.29, 1.82) is 0 Å². The second-order valence-electron chi connectivity index (χ2n) is 3.89. The molecule has 0 saturated heterocycles. The lowest BCUT2D eigenvalue weighted by Gasteiger charge is -2.16. The lowest BCUT2D eigenvalue weighted by molar-refractivity contribution is 0.0961. The van der Waals surface area contributed by atoms with Gasteiger partial charge in [-0.1, -0.05) is 32.6 Å². The molecule has 0 spiro atoms. The first-order chi connectivity index (χ1) is 7.56. The summed E-state index contributed by atoms with van der Waals surface area (Å²) in [5.74, 6) is 0. The molecule has 1 unspecified atom stereocenters. The number of rotatable bonds is 9. The summed E-state index contributed by atoms with van der Waals surface area (Å²) >= 11 is 11.3. The van der Waals surface area contributed by atoms with E-state index >= 15 is 0 Å². The van der Waals surface area contributed by atoms with E-state index in [0.29, 0.717) is 6.42 Å². The standard InChI is InChI=1S/C11H21Cl2NO2/c1-2-3-4-5-6-7-9(8-10(12)13)16-11(14)15/h9-10H,2-8H2,1H3,(H2,14,15). The summed E-state index contributed by atoms with van der Waals surface area (Å²) in [5, 5.41) is 0. The molecule has 0 aromatic heterocycles. The van der Waals surface area contributed by atoms with E-state index in [1.165, 1.54) is 19.3 Å². The molecule has 0 aliphatic heterocycles. The van der Waals surface area contributed by atoms with Crippen LogP contribution in [0.2, 0.25) is 0 Å². The van der Waals surface area contributed by atoms with Gasteiger partial charge in [-0.2, -0.15) is 0 Å². The second-order valence-corrected chi connectivity index (χ2v) is 5.17. The third-order valence-corrected chi connectivity index (χ3v) is 2.71. The van der Waals surface area contributed by atoms with E-state index in [1.54, 1.807) is 0 Å². The van der Waals surface area contributed by atoms with Crippen LogP contribution in [0.25, 0.3) is 0 Å². The SMILES string of the molecule is CCCCCCCC(CC(Cl)Cl)OC(N)=O. The Bertz CT molecular complexity index is 189. The van der Waals surface area contributed by atoms with Crippen molar-refractivity contribution in [2.75, 3.05) is 0 Å². The maximum Gasteiger partial charge on any atom is 0.404 e. The maximum absolute atomic E-state index is 10.6. The van der Waals surface area contributed by atoms with Gasteiger partial charge in [0.15, 0.2) is 0 Å². The van der Waals surface area contributed by atoms with E-state index in [0.717, 1.165) is 19.3 Å². The molecule has 16 heavy (non-hydrogen) atoms. The molecule has 2 N–H and O–H groups in total. The quantitative estimate of drug-likeness (QED) is 0.508. The predicted octanol–water partition coefficient (Wildman–Crippen LogP) is 4.00. The highest BCUT2D eigenvalue weighted by Gasteiger charge is 2.15. The fourth-order valence-electron chi connectivity index (χ4n) is 1.56. The zero-order chi connectivity index (χ0) is 12.4. The Balaban J connectivity index is 3.69. The number of carbonyl (C=O) groups excluding carboxylic acids is 1. The van der Waals surface area contributed by atoms with Crippen LogP contribution in [0.4, 0.5) is 4.79 Å². The first kappa shape index (κ1) is 15.9. The van der Waals surface area contributed by atoms with Crippen LogP contribution in [0.15, 0.2) is 0 Å². The van der Waals surface area contributed by atoms with Gasteiger partial charge in [-0.05, 0) is 12.8 Å². The summed E-state index contributed by atoms with van der Waals surface area (Å²) in [6.07, 6.45) is 6.04. The number of hydrogen-bond acceptors (Lipinski definition) is 2. The minimum absolute atomic E-state index is 0.251. The highest BCUT2D eigenvalue weighted by atomic mass is 35.5. The highest BCUT2D eigenvalue weighted by molar-refractivity contribution is 6.44. The molecule has 0 fully saturated rings. The Kier molecular flexibility index (Phi) is 9.94. The fourth-order valence-corrected chi connectivity index (χ4v) is 1.96. The van der Waals surface area contributed by atoms with Crippen LogP contribution in [-0.2, 0) is 4.74 Å². The molecule has 5 heteroatoms. The van der Waals surface area contributed by atoms with E-state index in [4.69, 9.17) is 33.7 Å². The molecular weight excluding hydrogens is 249 g/mol. The summed E-state index contributed by atoms with van der Waals surface area (Å²) in [6.45, 7) is 2.17. The average molecular weight is 270 g/mol. The van der Waals surface area contributed by atoms with Crippen molar-refractivity contribution in [2.24, 2.45) is 5.73 Å². The van der Waals surface area contributed by atoms with Crippen molar-refractivity contribution in [3.8, 4) is 0 Å². The van der Waals surface area contributed by atoms with Crippen LogP contribution >= 0.6 is 23.2 Å². The van der Waals surface area contributed by atoms with Gasteiger partial charge in [-0.25, -0.2) is 4.79 Å². The monoisotopic (exact) mass is 269 g/mol. The van der Waals surface area contributed by atoms with Crippen LogP contribution < -0.4 is 5.73 Å². The molecule has 0 radical (unpaired) electrons. The van der Waals surface area contributed by atoms with Gasteiger partial charge in [-0.3, -0.25) is 0 Å². The van der Waals surface area contributed by atoms with E-state index < -0.39 is 10.9 Å². The van der Waals surface area contributed by atoms with E-state index in [9.17, 15) is 4.79 Å². The Morgan fingerprint density at radius 1 is 1.25 bits per heavy atom. The molecule has 3 nitrogen and oxygen atoms in total. The molecule has 0 bridgehead atoms. The van der Waals surface area contributed by atoms with Crippen molar-refractivity contribution < 1.29 is 9.53 Å². The van der Waals surface area contributed by atoms with Crippen molar-refractivity contribution in [1.82, 2.24) is 0 Å². The zero-order valence-corrected chi connectivity index (χ0v) is 11.3. The van der Waals surface area contributed by atoms with Crippen LogP contribution in [0.3, 0.4) is 0 Å². The Labute approximate surface area is 108 Å². The lowest BCUT2D eigenvalue weighted by atomic mass is 10.1. The number of unbranched alkanes of at least 4 members (excludes halogenated alkanes) is 4. The number of halogens is 2. The fraction of sp³-hybridized carbons (Fsp3) is 0.909. The lowest BCUT2D eigenvalue weighted by Crippen LogP contribution is -2.24. The van der Waals surface area contributed by atoms with Crippen LogP contribution in [0.1, 0.15) is 51.9 Å². The zero-order valence-electron chi connectivity index (χ0n) is 9.75. The molecule has 0 aromatic rings. The molecule has 1 atom stereocenters. The molecule has 0 saturated carbocycles. The minimum atomic E-state index is -0.757.